The van der Waals surface area contributed by atoms with Crippen LogP contribution in [0.5, 0.6) is 0 Å². The molecule has 0 nitrogen and oxygen atoms in total. The first kappa shape index (κ1) is 29.7. The lowest BCUT2D eigenvalue weighted by molar-refractivity contribution is 0.496. The van der Waals surface area contributed by atoms with Gasteiger partial charge in [-0.1, -0.05) is 168 Å². The summed E-state index contributed by atoms with van der Waals surface area (Å²) in [6, 6.07) is 0. The highest BCUT2D eigenvalue weighted by atomic mass is 14.0. The maximum Gasteiger partial charge on any atom is -0.0325 e. The molecule has 0 amide bonds. The highest BCUT2D eigenvalue weighted by Crippen LogP contribution is 2.16. The number of hydrogen-bond donors (Lipinski definition) is 0. The molecule has 0 aromatic rings. The summed E-state index contributed by atoms with van der Waals surface area (Å²) in [6.45, 7) is 10.2. The molecule has 0 aromatic heterocycles. The first-order valence-electron chi connectivity index (χ1n) is 14.0. The first-order chi connectivity index (χ1) is 14.8. The minimum Gasteiger partial charge on any atom is -0.0885 e. The lowest BCUT2D eigenvalue weighted by Crippen LogP contribution is -1.92. The summed E-state index contributed by atoms with van der Waals surface area (Å²) in [6.07, 6.45) is 38.2. The molecule has 1 atom stereocenters. The largest absolute Gasteiger partial charge is 0.0885 e. The smallest absolute Gasteiger partial charge is 0.0325 e. The van der Waals surface area contributed by atoms with E-state index in [-0.39, 0.29) is 0 Å². The zero-order chi connectivity index (χ0) is 22.0. The van der Waals surface area contributed by atoms with Gasteiger partial charge in [-0.25, -0.2) is 0 Å². The van der Waals surface area contributed by atoms with Crippen LogP contribution in [0.4, 0.5) is 0 Å². The van der Waals surface area contributed by atoms with Crippen molar-refractivity contribution in [2.24, 2.45) is 5.92 Å². The van der Waals surface area contributed by atoms with Crippen LogP contribution in [0.1, 0.15) is 161 Å². The van der Waals surface area contributed by atoms with Crippen LogP contribution < -0.4 is 0 Å². The molecular formula is C30H58. The molecule has 0 spiro atoms. The molecule has 0 aliphatic rings. The predicted octanol–water partition coefficient (Wildman–Crippen LogP) is 11.2. The highest BCUT2D eigenvalue weighted by molar-refractivity contribution is 4.83. The second-order valence-corrected chi connectivity index (χ2v) is 9.81. The van der Waals surface area contributed by atoms with E-state index in [0.717, 1.165) is 18.8 Å². The molecule has 178 valence electrons. The number of hydrogen-bond acceptors (Lipinski definition) is 0. The van der Waals surface area contributed by atoms with Gasteiger partial charge in [0.15, 0.2) is 0 Å². The van der Waals surface area contributed by atoms with E-state index in [9.17, 15) is 0 Å². The van der Waals surface area contributed by atoms with Gasteiger partial charge in [0, 0.05) is 0 Å². The van der Waals surface area contributed by atoms with E-state index >= 15 is 0 Å². The summed E-state index contributed by atoms with van der Waals surface area (Å²) in [5, 5.41) is 0. The van der Waals surface area contributed by atoms with Gasteiger partial charge in [0.25, 0.3) is 0 Å². The van der Waals surface area contributed by atoms with Gasteiger partial charge in [-0.05, 0) is 25.2 Å². The molecule has 0 heterocycles. The van der Waals surface area contributed by atoms with Crippen molar-refractivity contribution in [2.45, 2.75) is 161 Å². The van der Waals surface area contributed by atoms with Crippen molar-refractivity contribution in [1.29, 1.82) is 0 Å². The molecular weight excluding hydrogens is 360 g/mol. The van der Waals surface area contributed by atoms with E-state index in [1.54, 1.807) is 0 Å². The summed E-state index contributed by atoms with van der Waals surface area (Å²) >= 11 is 0. The standard InChI is InChI=1S/C30H58/c1-4-6-8-10-11-12-13-14-15-16-17-18-19-20-21-22-23-24-25-27-29-30(3)28-26-9-7-5-2/h25,27,30H,1-2,4-24,26,28-29H2,3H3. The summed E-state index contributed by atoms with van der Waals surface area (Å²) in [4.78, 5) is 0. The lowest BCUT2D eigenvalue weighted by atomic mass is 9.99. The van der Waals surface area contributed by atoms with Crippen LogP contribution in [0, 0.1) is 19.8 Å². The fourth-order valence-corrected chi connectivity index (χ4v) is 4.32. The molecule has 0 aromatic carbocycles. The normalized spacial score (nSPS) is 12.8. The maximum absolute atomic E-state index is 3.92. The van der Waals surface area contributed by atoms with Crippen LogP contribution in [0.25, 0.3) is 0 Å². The minimum absolute atomic E-state index is 0.861. The van der Waals surface area contributed by atoms with Crippen LogP contribution >= 0.6 is 0 Å². The molecule has 0 fully saturated rings. The zero-order valence-electron chi connectivity index (χ0n) is 21.1. The monoisotopic (exact) mass is 418 g/mol. The Bertz CT molecular complexity index is 316. The molecule has 0 rings (SSSR count). The fourth-order valence-electron chi connectivity index (χ4n) is 4.32. The molecule has 0 saturated carbocycles. The summed E-state index contributed by atoms with van der Waals surface area (Å²) in [5.74, 6) is 0.861. The van der Waals surface area contributed by atoms with E-state index < -0.39 is 0 Å². The van der Waals surface area contributed by atoms with Gasteiger partial charge in [0.05, 0.1) is 0 Å². The zero-order valence-corrected chi connectivity index (χ0v) is 21.1. The third-order valence-electron chi connectivity index (χ3n) is 6.52. The Hall–Kier alpha value is -0.260. The molecule has 1 unspecified atom stereocenters. The van der Waals surface area contributed by atoms with Crippen molar-refractivity contribution in [2.75, 3.05) is 0 Å². The quantitative estimate of drug-likeness (QED) is 0.102. The topological polar surface area (TPSA) is 0 Å². The fraction of sp³-hybridized carbons (Fsp3) is 0.867. The second kappa shape index (κ2) is 26.8. The van der Waals surface area contributed by atoms with Crippen molar-refractivity contribution in [1.82, 2.24) is 0 Å². The maximum atomic E-state index is 3.92. The third kappa shape index (κ3) is 25.8. The van der Waals surface area contributed by atoms with Gasteiger partial charge in [0.1, 0.15) is 0 Å². The second-order valence-electron chi connectivity index (χ2n) is 9.81. The Morgan fingerprint density at radius 2 is 0.833 bits per heavy atom. The average Bonchev–Trinajstić information content (AvgIpc) is 2.75. The Balaban J connectivity index is 3.14. The summed E-state index contributed by atoms with van der Waals surface area (Å²) in [7, 11) is 0. The van der Waals surface area contributed by atoms with Crippen LogP contribution in [-0.4, -0.2) is 0 Å². The van der Waals surface area contributed by atoms with Gasteiger partial charge < -0.3 is 0 Å². The van der Waals surface area contributed by atoms with Crippen molar-refractivity contribution in [3.63, 3.8) is 0 Å². The van der Waals surface area contributed by atoms with E-state index in [0.29, 0.717) is 0 Å². The third-order valence-corrected chi connectivity index (χ3v) is 6.52. The lowest BCUT2D eigenvalue weighted by Gasteiger charge is -2.07. The molecule has 0 aliphatic carbocycles. The number of allylic oxidation sites excluding steroid dienone is 2. The van der Waals surface area contributed by atoms with Crippen LogP contribution in [0.15, 0.2) is 12.2 Å². The molecule has 0 heteroatoms. The van der Waals surface area contributed by atoms with Gasteiger partial charge in [-0.3, -0.25) is 0 Å². The van der Waals surface area contributed by atoms with Crippen LogP contribution in [-0.2, 0) is 0 Å². The molecule has 0 saturated heterocycles. The van der Waals surface area contributed by atoms with Gasteiger partial charge in [-0.15, -0.1) is 0 Å². The van der Waals surface area contributed by atoms with Gasteiger partial charge in [0.2, 0.25) is 0 Å². The van der Waals surface area contributed by atoms with Gasteiger partial charge in [-0.2, -0.15) is 0 Å². The van der Waals surface area contributed by atoms with E-state index in [2.05, 4.69) is 32.9 Å². The van der Waals surface area contributed by atoms with Gasteiger partial charge >= 0.3 is 0 Å². The molecule has 2 radical (unpaired) electrons. The van der Waals surface area contributed by atoms with E-state index in [4.69, 9.17) is 0 Å². The minimum atomic E-state index is 0.861. The molecule has 0 bridgehead atoms. The average molecular weight is 419 g/mol. The molecule has 30 heavy (non-hydrogen) atoms. The Kier molecular flexibility index (Phi) is 26.5. The number of rotatable bonds is 25. The van der Waals surface area contributed by atoms with Crippen molar-refractivity contribution in [3.05, 3.63) is 26.0 Å². The predicted molar refractivity (Wildman–Crippen MR) is 140 cm³/mol. The number of unbranched alkanes of at least 4 members (excludes halogenated alkanes) is 20. The van der Waals surface area contributed by atoms with Crippen LogP contribution in [0.2, 0.25) is 0 Å². The van der Waals surface area contributed by atoms with Crippen molar-refractivity contribution < 1.29 is 0 Å². The van der Waals surface area contributed by atoms with E-state index in [1.807, 2.05) is 0 Å². The van der Waals surface area contributed by atoms with Crippen molar-refractivity contribution in [3.8, 4) is 0 Å². The van der Waals surface area contributed by atoms with Crippen molar-refractivity contribution >= 4 is 0 Å². The Labute approximate surface area is 193 Å². The molecule has 0 N–H and O–H groups in total. The van der Waals surface area contributed by atoms with E-state index in [1.165, 1.54) is 141 Å². The first-order valence-corrected chi connectivity index (χ1v) is 14.0. The Morgan fingerprint density at radius 3 is 1.27 bits per heavy atom. The summed E-state index contributed by atoms with van der Waals surface area (Å²) < 4.78 is 0. The highest BCUT2D eigenvalue weighted by Gasteiger charge is 1.99. The van der Waals surface area contributed by atoms with Crippen LogP contribution in [0.3, 0.4) is 0 Å². The Morgan fingerprint density at radius 1 is 0.467 bits per heavy atom. The SMILES string of the molecule is [CH2]CCCCCCCCCCCCCCCCCCC=CCC(C)CCCCC[CH2]. The summed E-state index contributed by atoms with van der Waals surface area (Å²) in [5.41, 5.74) is 0. The molecule has 0 aliphatic heterocycles.